The lowest BCUT2D eigenvalue weighted by Gasteiger charge is -2.15. The van der Waals surface area contributed by atoms with Gasteiger partial charge in [-0.3, -0.25) is 10.1 Å². The van der Waals surface area contributed by atoms with Crippen LogP contribution in [-0.4, -0.2) is 12.0 Å². The number of nitrogens with zero attached hydrogens (tertiary/aromatic N) is 1. The van der Waals surface area contributed by atoms with Crippen molar-refractivity contribution in [1.29, 1.82) is 0 Å². The third-order valence-corrected chi connectivity index (χ3v) is 4.46. The Morgan fingerprint density at radius 2 is 1.79 bits per heavy atom. The third kappa shape index (κ3) is 3.69. The Labute approximate surface area is 154 Å². The Hall–Kier alpha value is -1.69. The molecule has 2 rings (SSSR count). The second-order valence-electron chi connectivity index (χ2n) is 5.25. The van der Waals surface area contributed by atoms with Crippen molar-refractivity contribution in [2.24, 2.45) is 0 Å². The lowest BCUT2D eigenvalue weighted by Crippen LogP contribution is -1.97. The number of rotatable bonds is 5. The number of ether oxygens (including phenoxy) is 2. The van der Waals surface area contributed by atoms with Crippen molar-refractivity contribution in [3.8, 4) is 17.2 Å². The van der Waals surface area contributed by atoms with Gasteiger partial charge in [-0.1, -0.05) is 48.7 Å². The van der Waals surface area contributed by atoms with Crippen molar-refractivity contribution in [2.75, 3.05) is 7.11 Å². The van der Waals surface area contributed by atoms with Gasteiger partial charge in [0.05, 0.1) is 17.1 Å². The fourth-order valence-electron chi connectivity index (χ4n) is 2.14. The topological polar surface area (TPSA) is 61.6 Å². The van der Waals surface area contributed by atoms with Gasteiger partial charge in [0, 0.05) is 11.6 Å². The van der Waals surface area contributed by atoms with Gasteiger partial charge in [0.2, 0.25) is 0 Å². The van der Waals surface area contributed by atoms with Crippen LogP contribution in [0.3, 0.4) is 0 Å². The van der Waals surface area contributed by atoms with Crippen molar-refractivity contribution >= 4 is 40.5 Å². The van der Waals surface area contributed by atoms with Crippen molar-refractivity contribution < 1.29 is 14.4 Å². The van der Waals surface area contributed by atoms with Crippen molar-refractivity contribution in [1.82, 2.24) is 0 Å². The molecule has 0 atom stereocenters. The van der Waals surface area contributed by atoms with E-state index in [2.05, 4.69) is 0 Å². The fraction of sp³-hybridized carbons (Fsp3) is 0.250. The standard InChI is InChI=1S/C16H14Cl3NO4/c1-8(2)10-6-9(4-5-13(10)23-3)24-16-11(17)7-12(20(21)22)14(18)15(16)19/h4-8H,1-3H3. The third-order valence-electron chi connectivity index (χ3n) is 3.34. The number of benzene rings is 2. The Kier molecular flexibility index (Phi) is 5.80. The van der Waals surface area contributed by atoms with Gasteiger partial charge >= 0.3 is 0 Å². The molecule has 0 fully saturated rings. The summed E-state index contributed by atoms with van der Waals surface area (Å²) in [5.41, 5.74) is 0.562. The quantitative estimate of drug-likeness (QED) is 0.333. The molecule has 0 aromatic heterocycles. The predicted octanol–water partition coefficient (Wildman–Crippen LogP) is 6.48. The summed E-state index contributed by atoms with van der Waals surface area (Å²) >= 11 is 18.1. The molecule has 0 unspecified atom stereocenters. The first-order chi connectivity index (χ1) is 11.3. The van der Waals surface area contributed by atoms with E-state index in [1.165, 1.54) is 0 Å². The lowest BCUT2D eigenvalue weighted by molar-refractivity contribution is -0.384. The summed E-state index contributed by atoms with van der Waals surface area (Å²) in [6, 6.07) is 6.36. The Bertz CT molecular complexity index is 793. The number of nitro groups is 1. The van der Waals surface area contributed by atoms with Gasteiger partial charge in [0.25, 0.3) is 5.69 Å². The van der Waals surface area contributed by atoms with Crippen LogP contribution in [0.25, 0.3) is 0 Å². The van der Waals surface area contributed by atoms with Gasteiger partial charge in [0.1, 0.15) is 21.5 Å². The number of nitro benzene ring substituents is 1. The molecule has 24 heavy (non-hydrogen) atoms. The predicted molar refractivity (Wildman–Crippen MR) is 95.3 cm³/mol. The van der Waals surface area contributed by atoms with Crippen LogP contribution in [0.2, 0.25) is 15.1 Å². The Balaban J connectivity index is 2.47. The lowest BCUT2D eigenvalue weighted by atomic mass is 10.0. The average Bonchev–Trinajstić information content (AvgIpc) is 2.54. The van der Waals surface area contributed by atoms with Crippen LogP contribution in [0, 0.1) is 10.1 Å². The highest BCUT2D eigenvalue weighted by atomic mass is 35.5. The minimum atomic E-state index is -0.659. The highest BCUT2D eigenvalue weighted by Crippen LogP contribution is 2.46. The summed E-state index contributed by atoms with van der Waals surface area (Å²) in [5, 5.41) is 10.6. The molecule has 0 N–H and O–H groups in total. The van der Waals surface area contributed by atoms with E-state index in [4.69, 9.17) is 44.3 Å². The highest BCUT2D eigenvalue weighted by Gasteiger charge is 2.23. The summed E-state index contributed by atoms with van der Waals surface area (Å²) in [4.78, 5) is 10.3. The molecule has 0 aliphatic carbocycles. The first-order valence-corrected chi connectivity index (χ1v) is 8.07. The van der Waals surface area contributed by atoms with Crippen LogP contribution >= 0.6 is 34.8 Å². The summed E-state index contributed by atoms with van der Waals surface area (Å²) in [6.45, 7) is 4.04. The molecular weight excluding hydrogens is 377 g/mol. The van der Waals surface area contributed by atoms with Gasteiger partial charge in [-0.2, -0.15) is 0 Å². The van der Waals surface area contributed by atoms with E-state index in [1.807, 2.05) is 13.8 Å². The van der Waals surface area contributed by atoms with Gasteiger partial charge in [-0.15, -0.1) is 0 Å². The summed E-state index contributed by atoms with van der Waals surface area (Å²) in [7, 11) is 1.59. The van der Waals surface area contributed by atoms with Crippen LogP contribution < -0.4 is 9.47 Å². The molecule has 0 aliphatic rings. The van der Waals surface area contributed by atoms with E-state index in [-0.39, 0.29) is 32.4 Å². The zero-order valence-corrected chi connectivity index (χ0v) is 15.4. The molecule has 0 saturated carbocycles. The molecule has 0 aliphatic heterocycles. The van der Waals surface area contributed by atoms with Crippen LogP contribution in [0.1, 0.15) is 25.3 Å². The highest BCUT2D eigenvalue weighted by molar-refractivity contribution is 6.46. The van der Waals surface area contributed by atoms with Crippen molar-refractivity contribution in [3.63, 3.8) is 0 Å². The molecule has 0 heterocycles. The zero-order valence-electron chi connectivity index (χ0n) is 13.1. The molecule has 0 spiro atoms. The van der Waals surface area contributed by atoms with Gasteiger partial charge in [-0.25, -0.2) is 0 Å². The number of hydrogen-bond acceptors (Lipinski definition) is 4. The molecular formula is C16H14Cl3NO4. The molecule has 0 amide bonds. The largest absolute Gasteiger partial charge is 0.496 e. The van der Waals surface area contributed by atoms with Crippen LogP contribution in [-0.2, 0) is 0 Å². The van der Waals surface area contributed by atoms with Crippen LogP contribution in [0.4, 0.5) is 5.69 Å². The summed E-state index contributed by atoms with van der Waals surface area (Å²) < 4.78 is 11.0. The Morgan fingerprint density at radius 1 is 1.12 bits per heavy atom. The molecule has 0 saturated heterocycles. The SMILES string of the molecule is COc1ccc(Oc2c(Cl)cc([N+](=O)[O-])c(Cl)c2Cl)cc1C(C)C. The van der Waals surface area contributed by atoms with Crippen molar-refractivity contribution in [3.05, 3.63) is 55.0 Å². The van der Waals surface area contributed by atoms with E-state index in [0.29, 0.717) is 5.75 Å². The van der Waals surface area contributed by atoms with Gasteiger partial charge in [-0.05, 0) is 24.1 Å². The molecule has 0 radical (unpaired) electrons. The molecule has 128 valence electrons. The van der Waals surface area contributed by atoms with E-state index >= 15 is 0 Å². The maximum absolute atomic E-state index is 10.9. The number of hydrogen-bond donors (Lipinski definition) is 0. The number of methoxy groups -OCH3 is 1. The fourth-order valence-corrected chi connectivity index (χ4v) is 2.87. The second kappa shape index (κ2) is 7.47. The van der Waals surface area contributed by atoms with E-state index in [9.17, 15) is 10.1 Å². The smallest absolute Gasteiger partial charge is 0.291 e. The maximum atomic E-state index is 10.9. The second-order valence-corrected chi connectivity index (χ2v) is 6.42. The van der Waals surface area contributed by atoms with Crippen molar-refractivity contribution in [2.45, 2.75) is 19.8 Å². The first-order valence-electron chi connectivity index (χ1n) is 6.94. The molecule has 0 bridgehead atoms. The van der Waals surface area contributed by atoms with E-state index in [0.717, 1.165) is 17.4 Å². The zero-order chi connectivity index (χ0) is 18.0. The minimum Gasteiger partial charge on any atom is -0.496 e. The van der Waals surface area contributed by atoms with Crippen LogP contribution in [0.5, 0.6) is 17.2 Å². The molecule has 2 aromatic carbocycles. The normalized spacial score (nSPS) is 10.8. The molecule has 8 heteroatoms. The Morgan fingerprint density at radius 3 is 2.33 bits per heavy atom. The molecule has 2 aromatic rings. The summed E-state index contributed by atoms with van der Waals surface area (Å²) in [5.74, 6) is 1.47. The van der Waals surface area contributed by atoms with Gasteiger partial charge in [0.15, 0.2) is 5.75 Å². The van der Waals surface area contributed by atoms with E-state index in [1.54, 1.807) is 25.3 Å². The summed E-state index contributed by atoms with van der Waals surface area (Å²) in [6.07, 6.45) is 0. The first kappa shape index (κ1) is 18.6. The minimum absolute atomic E-state index is 0.00184. The van der Waals surface area contributed by atoms with E-state index < -0.39 is 4.92 Å². The maximum Gasteiger partial charge on any atom is 0.291 e. The van der Waals surface area contributed by atoms with Gasteiger partial charge < -0.3 is 9.47 Å². The monoisotopic (exact) mass is 389 g/mol. The molecule has 5 nitrogen and oxygen atoms in total. The number of halogens is 3. The average molecular weight is 391 g/mol. The van der Waals surface area contributed by atoms with Crippen LogP contribution in [0.15, 0.2) is 24.3 Å².